The molecule has 1 aromatic carbocycles. The molecule has 5 nitrogen and oxygen atoms in total. The zero-order chi connectivity index (χ0) is 23.3. The van der Waals surface area contributed by atoms with E-state index in [9.17, 15) is 5.41 Å². The van der Waals surface area contributed by atoms with E-state index in [2.05, 4.69) is 69.4 Å². The fourth-order valence-electron chi connectivity index (χ4n) is 4.21. The third-order valence-corrected chi connectivity index (χ3v) is 7.72. The molecule has 0 radical (unpaired) electrons. The van der Waals surface area contributed by atoms with Crippen molar-refractivity contribution in [2.75, 3.05) is 11.9 Å². The predicted molar refractivity (Wildman–Crippen MR) is 142 cm³/mol. The fraction of sp³-hybridized carbons (Fsp3) is 0.360. The minimum Gasteiger partial charge on any atom is -0.398 e. The van der Waals surface area contributed by atoms with Crippen LogP contribution in [0.5, 0.6) is 0 Å². The van der Waals surface area contributed by atoms with Crippen molar-refractivity contribution in [3.8, 4) is 0 Å². The van der Waals surface area contributed by atoms with Crippen molar-refractivity contribution in [1.29, 1.82) is 5.41 Å². The van der Waals surface area contributed by atoms with Crippen molar-refractivity contribution in [3.63, 3.8) is 0 Å². The van der Waals surface area contributed by atoms with E-state index in [-0.39, 0.29) is 12.0 Å². The molecular weight excluding hydrogens is 512 g/mol. The molecule has 166 valence electrons. The van der Waals surface area contributed by atoms with E-state index in [4.69, 9.17) is 9.31 Å². The highest BCUT2D eigenvalue weighted by Crippen LogP contribution is 2.41. The van der Waals surface area contributed by atoms with Crippen LogP contribution in [-0.4, -0.2) is 42.9 Å². The molecule has 0 amide bonds. The lowest BCUT2D eigenvalue weighted by atomic mass is 9.75. The Morgan fingerprint density at radius 1 is 1.16 bits per heavy atom. The van der Waals surface area contributed by atoms with Gasteiger partial charge < -0.3 is 14.2 Å². The zero-order valence-electron chi connectivity index (χ0n) is 19.2. The maximum absolute atomic E-state index is 9.18. The molecule has 1 aromatic rings. The number of hydrogen-bond acceptors (Lipinski definition) is 4. The number of amidine groups is 1. The highest BCUT2D eigenvalue weighted by molar-refractivity contribution is 14.1. The second kappa shape index (κ2) is 8.43. The van der Waals surface area contributed by atoms with Crippen LogP contribution in [0.15, 0.2) is 77.4 Å². The molecule has 2 atom stereocenters. The van der Waals surface area contributed by atoms with Crippen molar-refractivity contribution in [1.82, 2.24) is 0 Å². The van der Waals surface area contributed by atoms with Gasteiger partial charge in [-0.05, 0) is 74.1 Å². The van der Waals surface area contributed by atoms with Crippen LogP contribution < -0.4 is 4.90 Å². The Balaban J connectivity index is 1.76. The lowest BCUT2D eigenvalue weighted by Crippen LogP contribution is -2.50. The quantitative estimate of drug-likeness (QED) is 0.318. The Kier molecular flexibility index (Phi) is 6.11. The van der Waals surface area contributed by atoms with E-state index in [0.29, 0.717) is 11.4 Å². The summed E-state index contributed by atoms with van der Waals surface area (Å²) in [5.74, 6) is 0.464. The van der Waals surface area contributed by atoms with Gasteiger partial charge in [0.15, 0.2) is 0 Å². The number of nitrogens with zero attached hydrogens (tertiary/aromatic N) is 2. The first-order valence-corrected chi connectivity index (χ1v) is 11.9. The van der Waals surface area contributed by atoms with Gasteiger partial charge in [0.1, 0.15) is 5.84 Å². The summed E-state index contributed by atoms with van der Waals surface area (Å²) in [6, 6.07) is 8.17. The minimum atomic E-state index is -0.595. The smallest absolute Gasteiger partial charge is 0.398 e. The maximum Gasteiger partial charge on any atom is 0.514 e. The van der Waals surface area contributed by atoms with Crippen LogP contribution >= 0.6 is 22.6 Å². The molecule has 2 aliphatic heterocycles. The van der Waals surface area contributed by atoms with Crippen LogP contribution in [0.1, 0.15) is 27.7 Å². The highest BCUT2D eigenvalue weighted by Gasteiger charge is 2.53. The van der Waals surface area contributed by atoms with E-state index in [0.717, 1.165) is 20.4 Å². The van der Waals surface area contributed by atoms with Crippen molar-refractivity contribution < 1.29 is 9.31 Å². The topological polar surface area (TPSA) is 57.9 Å². The third-order valence-electron chi connectivity index (χ3n) is 6.81. The summed E-state index contributed by atoms with van der Waals surface area (Å²) in [7, 11) is 1.14. The Hall–Kier alpha value is -1.97. The van der Waals surface area contributed by atoms with Gasteiger partial charge in [-0.3, -0.25) is 10.4 Å². The van der Waals surface area contributed by atoms with Crippen LogP contribution in [0.25, 0.3) is 0 Å². The molecule has 32 heavy (non-hydrogen) atoms. The first-order valence-electron chi connectivity index (χ1n) is 10.8. The number of piperidine rings is 1. The molecule has 4 rings (SSSR count). The van der Waals surface area contributed by atoms with E-state index in [1.165, 1.54) is 0 Å². The van der Waals surface area contributed by atoms with E-state index in [1.54, 1.807) is 7.05 Å². The Morgan fingerprint density at radius 3 is 2.41 bits per heavy atom. The average Bonchev–Trinajstić information content (AvgIpc) is 2.96. The second-order valence-corrected chi connectivity index (χ2v) is 10.4. The van der Waals surface area contributed by atoms with Crippen molar-refractivity contribution in [2.45, 2.75) is 44.9 Å². The summed E-state index contributed by atoms with van der Waals surface area (Å²) in [6.07, 6.45) is 10.3. The van der Waals surface area contributed by atoms with Gasteiger partial charge in [-0.15, -0.1) is 0 Å². The number of allylic oxidation sites excluding steroid dienone is 3. The van der Waals surface area contributed by atoms with Crippen LogP contribution in [0.3, 0.4) is 0 Å². The number of benzene rings is 1. The zero-order valence-corrected chi connectivity index (χ0v) is 21.4. The van der Waals surface area contributed by atoms with Gasteiger partial charge in [0, 0.05) is 22.1 Å². The number of para-hydroxylation sites is 1. The second-order valence-electron chi connectivity index (χ2n) is 9.28. The number of anilines is 1. The molecule has 0 saturated carbocycles. The maximum atomic E-state index is 9.18. The number of nitrogens with one attached hydrogen (secondary N) is 1. The van der Waals surface area contributed by atoms with Gasteiger partial charge in [-0.2, -0.15) is 0 Å². The molecule has 0 bridgehead atoms. The average molecular weight is 541 g/mol. The Labute approximate surface area is 204 Å². The molecule has 0 spiro atoms. The monoisotopic (exact) mass is 541 g/mol. The SMILES string of the molecule is C=C1/C(=C\C(=NC)B2OC(C)(C)C(C)(C)O2)C(=N)N(c2ccccc2I)C2C=CC=CC12. The summed E-state index contributed by atoms with van der Waals surface area (Å²) in [5, 5.41) is 9.18. The van der Waals surface area contributed by atoms with Gasteiger partial charge in [0.25, 0.3) is 0 Å². The summed E-state index contributed by atoms with van der Waals surface area (Å²) < 4.78 is 13.6. The van der Waals surface area contributed by atoms with Crippen LogP contribution in [0, 0.1) is 14.9 Å². The number of hydrogen-bond donors (Lipinski definition) is 1. The first kappa shape index (κ1) is 23.2. The van der Waals surface area contributed by atoms with Crippen LogP contribution in [0.2, 0.25) is 0 Å². The van der Waals surface area contributed by atoms with E-state index < -0.39 is 18.3 Å². The Bertz CT molecular complexity index is 1070. The normalized spacial score (nSPS) is 27.9. The van der Waals surface area contributed by atoms with Gasteiger partial charge in [-0.25, -0.2) is 0 Å². The molecule has 3 aliphatic rings. The third kappa shape index (κ3) is 3.84. The largest absolute Gasteiger partial charge is 0.514 e. The molecule has 0 aromatic heterocycles. The summed E-state index contributed by atoms with van der Waals surface area (Å²) in [4.78, 5) is 6.57. The van der Waals surface area contributed by atoms with E-state index in [1.807, 2.05) is 52.0 Å². The van der Waals surface area contributed by atoms with Crippen molar-refractivity contribution in [2.24, 2.45) is 10.9 Å². The van der Waals surface area contributed by atoms with Gasteiger partial charge in [-0.1, -0.05) is 43.0 Å². The minimum absolute atomic E-state index is 0.00642. The van der Waals surface area contributed by atoms with E-state index >= 15 is 0 Å². The summed E-state index contributed by atoms with van der Waals surface area (Å²) in [5.41, 5.74) is 2.40. The standard InChI is InChI=1S/C25H29BIN3O2/c1-16-17-11-7-9-13-20(17)30(21-14-10-8-12-19(21)27)23(28)18(16)15-22(29-6)26-31-24(2,3)25(4,5)32-26/h7-15,17,20,28H,1H2,2-6H3/b18-15+,28-23?,29-22?. The molecule has 1 aliphatic carbocycles. The molecule has 2 fully saturated rings. The van der Waals surface area contributed by atoms with Gasteiger partial charge in [0.05, 0.1) is 28.5 Å². The lowest BCUT2D eigenvalue weighted by Gasteiger charge is -2.44. The molecule has 7 heteroatoms. The molecule has 2 saturated heterocycles. The van der Waals surface area contributed by atoms with Crippen molar-refractivity contribution >= 4 is 46.8 Å². The predicted octanol–water partition coefficient (Wildman–Crippen LogP) is 5.38. The number of fused-ring (bicyclic) bond motifs is 1. The number of rotatable bonds is 3. The van der Waals surface area contributed by atoms with Gasteiger partial charge >= 0.3 is 7.12 Å². The number of aliphatic imine (C=N–C) groups is 1. The lowest BCUT2D eigenvalue weighted by molar-refractivity contribution is 0.00578. The summed E-state index contributed by atoms with van der Waals surface area (Å²) in [6.45, 7) is 12.5. The molecule has 2 heterocycles. The molecular formula is C25H29BIN3O2. The summed E-state index contributed by atoms with van der Waals surface area (Å²) >= 11 is 2.33. The highest BCUT2D eigenvalue weighted by atomic mass is 127. The van der Waals surface area contributed by atoms with Crippen LogP contribution in [-0.2, 0) is 9.31 Å². The van der Waals surface area contributed by atoms with Gasteiger partial charge in [0.2, 0.25) is 0 Å². The van der Waals surface area contributed by atoms with Crippen molar-refractivity contribution in [3.05, 3.63) is 75.9 Å². The van der Waals surface area contributed by atoms with Crippen LogP contribution in [0.4, 0.5) is 5.69 Å². The Morgan fingerprint density at radius 2 is 1.78 bits per heavy atom. The molecule has 2 unspecified atom stereocenters. The fourth-order valence-corrected chi connectivity index (χ4v) is 4.86. The molecule has 1 N–H and O–H groups in total. The number of halogens is 1. The first-order chi connectivity index (χ1) is 15.1.